The Balaban J connectivity index is 1.83. The van der Waals surface area contributed by atoms with E-state index in [0.717, 1.165) is 40.4 Å². The van der Waals surface area contributed by atoms with Gasteiger partial charge < -0.3 is 15.4 Å². The summed E-state index contributed by atoms with van der Waals surface area (Å²) in [6, 6.07) is 6.21. The Kier molecular flexibility index (Phi) is 2.94. The molecule has 3 N–H and O–H groups in total. The van der Waals surface area contributed by atoms with Crippen LogP contribution in [-0.2, 0) is 0 Å². The van der Waals surface area contributed by atoms with Crippen LogP contribution < -0.4 is 5.73 Å². The van der Waals surface area contributed by atoms with Crippen molar-refractivity contribution in [2.75, 3.05) is 5.73 Å². The third kappa shape index (κ3) is 2.00. The van der Waals surface area contributed by atoms with Gasteiger partial charge in [-0.3, -0.25) is 0 Å². The van der Waals surface area contributed by atoms with Gasteiger partial charge in [-0.05, 0) is 19.3 Å². The van der Waals surface area contributed by atoms with Gasteiger partial charge in [0, 0.05) is 41.1 Å². The first-order valence-corrected chi connectivity index (χ1v) is 8.41. The van der Waals surface area contributed by atoms with Gasteiger partial charge in [-0.2, -0.15) is 0 Å². The Labute approximate surface area is 144 Å². The van der Waals surface area contributed by atoms with Gasteiger partial charge in [0.2, 0.25) is 5.88 Å². The summed E-state index contributed by atoms with van der Waals surface area (Å²) in [6.45, 7) is 0. The molecule has 3 aromatic heterocycles. The molecule has 6 nitrogen and oxygen atoms in total. The van der Waals surface area contributed by atoms with Crippen molar-refractivity contribution in [2.24, 2.45) is 0 Å². The Morgan fingerprint density at radius 2 is 1.96 bits per heavy atom. The largest absolute Gasteiger partial charge is 0.494 e. The second-order valence-corrected chi connectivity index (χ2v) is 6.56. The van der Waals surface area contributed by atoms with E-state index in [1.165, 1.54) is 12.7 Å². The molecular formula is C19H17N5O. The lowest BCUT2D eigenvalue weighted by molar-refractivity contribution is 0.283. The standard InChI is InChI=1S/C19H17N5O/c20-17-14-6-2-5-13(11-7-21-10-22-8-11)18(14)23-15-9-24(12-3-1-4-12)19(25)16(15)17/h2,5-10,12,25H,1,3-4,20H2. The van der Waals surface area contributed by atoms with Gasteiger partial charge in [-0.15, -0.1) is 0 Å². The van der Waals surface area contributed by atoms with E-state index in [1.54, 1.807) is 12.4 Å². The molecule has 0 aliphatic heterocycles. The molecule has 1 saturated carbocycles. The van der Waals surface area contributed by atoms with Crippen molar-refractivity contribution in [1.29, 1.82) is 0 Å². The first kappa shape index (κ1) is 14.2. The van der Waals surface area contributed by atoms with Crippen molar-refractivity contribution >= 4 is 27.5 Å². The number of aromatic nitrogens is 4. The summed E-state index contributed by atoms with van der Waals surface area (Å²) >= 11 is 0. The fraction of sp³-hybridized carbons (Fsp3) is 0.211. The number of aromatic hydroxyl groups is 1. The third-order valence-electron chi connectivity index (χ3n) is 5.15. The van der Waals surface area contributed by atoms with E-state index in [-0.39, 0.29) is 5.88 Å². The summed E-state index contributed by atoms with van der Waals surface area (Å²) in [5, 5.41) is 12.1. The number of rotatable bonds is 2. The molecule has 3 heterocycles. The van der Waals surface area contributed by atoms with Gasteiger partial charge in [-0.25, -0.2) is 15.0 Å². The molecule has 124 valence electrons. The number of para-hydroxylation sites is 1. The second-order valence-electron chi connectivity index (χ2n) is 6.56. The van der Waals surface area contributed by atoms with Gasteiger partial charge in [0.15, 0.2) is 0 Å². The number of benzene rings is 1. The topological polar surface area (TPSA) is 89.9 Å². The molecule has 0 spiro atoms. The fourth-order valence-corrected chi connectivity index (χ4v) is 3.60. The summed E-state index contributed by atoms with van der Waals surface area (Å²) in [5.74, 6) is 0.222. The third-order valence-corrected chi connectivity index (χ3v) is 5.15. The van der Waals surface area contributed by atoms with E-state index in [9.17, 15) is 5.11 Å². The van der Waals surface area contributed by atoms with Crippen molar-refractivity contribution in [1.82, 2.24) is 19.5 Å². The molecule has 1 fully saturated rings. The lowest BCUT2D eigenvalue weighted by Crippen LogP contribution is -2.15. The SMILES string of the molecule is Nc1c2cccc(-c3cncnc3)c2nc2cn(C3CCC3)c(O)c12. The number of nitrogen functional groups attached to an aromatic ring is 1. The molecule has 1 aliphatic rings. The Morgan fingerprint density at radius 3 is 2.68 bits per heavy atom. The zero-order valence-electron chi connectivity index (χ0n) is 13.6. The fourth-order valence-electron chi connectivity index (χ4n) is 3.60. The quantitative estimate of drug-likeness (QED) is 0.585. The number of anilines is 1. The van der Waals surface area contributed by atoms with E-state index in [0.29, 0.717) is 17.1 Å². The van der Waals surface area contributed by atoms with Crippen LogP contribution >= 0.6 is 0 Å². The number of hydrogen-bond donors (Lipinski definition) is 2. The number of nitrogens with zero attached hydrogens (tertiary/aromatic N) is 4. The maximum Gasteiger partial charge on any atom is 0.203 e. The molecule has 6 heteroatoms. The smallest absolute Gasteiger partial charge is 0.203 e. The molecule has 0 atom stereocenters. The lowest BCUT2D eigenvalue weighted by atomic mass is 9.93. The average Bonchev–Trinajstić information content (AvgIpc) is 2.91. The van der Waals surface area contributed by atoms with E-state index in [2.05, 4.69) is 9.97 Å². The predicted molar refractivity (Wildman–Crippen MR) is 97.2 cm³/mol. The van der Waals surface area contributed by atoms with Crippen LogP contribution in [0.15, 0.2) is 43.1 Å². The number of hydrogen-bond acceptors (Lipinski definition) is 5. The van der Waals surface area contributed by atoms with E-state index >= 15 is 0 Å². The van der Waals surface area contributed by atoms with E-state index in [4.69, 9.17) is 10.7 Å². The minimum absolute atomic E-state index is 0.222. The maximum atomic E-state index is 10.7. The lowest BCUT2D eigenvalue weighted by Gasteiger charge is -2.27. The Hall–Kier alpha value is -3.15. The van der Waals surface area contributed by atoms with Crippen LogP contribution in [0.2, 0.25) is 0 Å². The minimum atomic E-state index is 0.222. The van der Waals surface area contributed by atoms with Crippen LogP contribution in [0.1, 0.15) is 25.3 Å². The highest BCUT2D eigenvalue weighted by Crippen LogP contribution is 2.43. The van der Waals surface area contributed by atoms with E-state index in [1.807, 2.05) is 29.0 Å². The molecule has 0 radical (unpaired) electrons. The normalized spacial score (nSPS) is 14.9. The van der Waals surface area contributed by atoms with Gasteiger partial charge in [0.05, 0.1) is 22.1 Å². The summed E-state index contributed by atoms with van der Waals surface area (Å²) < 4.78 is 1.92. The van der Waals surface area contributed by atoms with Crippen LogP contribution in [0.25, 0.3) is 32.9 Å². The Morgan fingerprint density at radius 1 is 1.16 bits per heavy atom. The van der Waals surface area contributed by atoms with Crippen LogP contribution in [-0.4, -0.2) is 24.6 Å². The van der Waals surface area contributed by atoms with Crippen LogP contribution in [0, 0.1) is 0 Å². The van der Waals surface area contributed by atoms with E-state index < -0.39 is 0 Å². The zero-order valence-corrected chi connectivity index (χ0v) is 13.6. The van der Waals surface area contributed by atoms with Gasteiger partial charge >= 0.3 is 0 Å². The molecule has 0 unspecified atom stereocenters. The van der Waals surface area contributed by atoms with Crippen LogP contribution in [0.3, 0.4) is 0 Å². The first-order chi connectivity index (χ1) is 12.2. The average molecular weight is 331 g/mol. The number of fused-ring (bicyclic) bond motifs is 2. The molecule has 1 aliphatic carbocycles. The highest BCUT2D eigenvalue weighted by molar-refractivity contribution is 6.12. The van der Waals surface area contributed by atoms with Gasteiger partial charge in [-0.1, -0.05) is 18.2 Å². The molecule has 0 saturated heterocycles. The van der Waals surface area contributed by atoms with Crippen molar-refractivity contribution in [3.05, 3.63) is 43.1 Å². The zero-order chi connectivity index (χ0) is 17.0. The molecule has 0 bridgehead atoms. The highest BCUT2D eigenvalue weighted by Gasteiger charge is 2.25. The maximum absolute atomic E-state index is 10.7. The molecule has 25 heavy (non-hydrogen) atoms. The van der Waals surface area contributed by atoms with Crippen molar-refractivity contribution in [3.8, 4) is 17.0 Å². The molecule has 5 rings (SSSR count). The second kappa shape index (κ2) is 5.17. The number of pyridine rings is 1. The van der Waals surface area contributed by atoms with Crippen LogP contribution in [0.5, 0.6) is 5.88 Å². The molecule has 4 aromatic rings. The first-order valence-electron chi connectivity index (χ1n) is 8.41. The number of nitrogens with two attached hydrogens (primary N) is 1. The molecular weight excluding hydrogens is 314 g/mol. The van der Waals surface area contributed by atoms with Crippen molar-refractivity contribution in [3.63, 3.8) is 0 Å². The Bertz CT molecular complexity index is 1100. The predicted octanol–water partition coefficient (Wildman–Crippen LogP) is 3.66. The summed E-state index contributed by atoms with van der Waals surface area (Å²) in [5.41, 5.74) is 10.3. The van der Waals surface area contributed by atoms with Crippen molar-refractivity contribution in [2.45, 2.75) is 25.3 Å². The monoisotopic (exact) mass is 331 g/mol. The summed E-state index contributed by atoms with van der Waals surface area (Å²) in [7, 11) is 0. The molecule has 0 amide bonds. The van der Waals surface area contributed by atoms with Gasteiger partial charge in [0.25, 0.3) is 0 Å². The highest BCUT2D eigenvalue weighted by atomic mass is 16.3. The summed E-state index contributed by atoms with van der Waals surface area (Å²) in [6.07, 6.45) is 10.3. The van der Waals surface area contributed by atoms with Crippen LogP contribution in [0.4, 0.5) is 5.69 Å². The molecule has 1 aromatic carbocycles. The van der Waals surface area contributed by atoms with Gasteiger partial charge in [0.1, 0.15) is 6.33 Å². The summed E-state index contributed by atoms with van der Waals surface area (Å²) in [4.78, 5) is 13.0. The van der Waals surface area contributed by atoms with Crippen molar-refractivity contribution < 1.29 is 5.11 Å². The minimum Gasteiger partial charge on any atom is -0.494 e.